The van der Waals surface area contributed by atoms with Crippen molar-refractivity contribution in [3.63, 3.8) is 0 Å². The predicted octanol–water partition coefficient (Wildman–Crippen LogP) is 7.45. The van der Waals surface area contributed by atoms with Gasteiger partial charge >= 0.3 is 0 Å². The van der Waals surface area contributed by atoms with Gasteiger partial charge in [0.05, 0.1) is 21.2 Å². The molecule has 0 spiro atoms. The number of hydrogen-bond acceptors (Lipinski definition) is 9. The second kappa shape index (κ2) is 26.7. The summed E-state index contributed by atoms with van der Waals surface area (Å²) >= 11 is 0. The van der Waals surface area contributed by atoms with Crippen LogP contribution in [0.1, 0.15) is 39.2 Å². The summed E-state index contributed by atoms with van der Waals surface area (Å²) in [6, 6.07) is 33.4. The largest absolute Gasteiger partial charge is 0.748 e. The minimum atomic E-state index is -3.92. The van der Waals surface area contributed by atoms with E-state index in [2.05, 4.69) is 114 Å². The van der Waals surface area contributed by atoms with Gasteiger partial charge in [0.2, 0.25) is 0 Å². The fraction of sp³-hybridized carbons (Fsp3) is 0.211. The number of pyridine rings is 3. The first kappa shape index (κ1) is 46.9. The van der Waals surface area contributed by atoms with Crippen LogP contribution in [0.5, 0.6) is 0 Å². The quantitative estimate of drug-likeness (QED) is 0.0809. The molecule has 0 amide bonds. The minimum absolute atomic E-state index is 0. The summed E-state index contributed by atoms with van der Waals surface area (Å²) in [6.45, 7) is 11.6. The molecule has 49 heavy (non-hydrogen) atoms. The zero-order valence-electron chi connectivity index (χ0n) is 28.9. The Balaban J connectivity index is 0. The van der Waals surface area contributed by atoms with E-state index < -0.39 is 10.1 Å². The summed E-state index contributed by atoms with van der Waals surface area (Å²) in [5.74, 6) is 0.596. The number of aliphatic hydroxyl groups excluding tert-OH is 2. The predicted molar refractivity (Wildman–Crippen MR) is 196 cm³/mol. The van der Waals surface area contributed by atoms with Crippen molar-refractivity contribution in [2.24, 2.45) is 0 Å². The maximum Gasteiger partial charge on any atom is 0.0970 e. The molecule has 6 aromatic rings. The van der Waals surface area contributed by atoms with Crippen molar-refractivity contribution >= 4 is 38.7 Å². The Morgan fingerprint density at radius 1 is 0.633 bits per heavy atom. The first-order valence-corrected chi connectivity index (χ1v) is 16.7. The molecule has 0 saturated heterocycles. The van der Waals surface area contributed by atoms with Gasteiger partial charge in [-0.2, -0.15) is 0 Å². The number of fused-ring (bicyclic) bond motifs is 3. The molecule has 0 atom stereocenters. The summed E-state index contributed by atoms with van der Waals surface area (Å²) < 4.78 is 27.2. The van der Waals surface area contributed by atoms with Crippen LogP contribution in [0.25, 0.3) is 44.1 Å². The summed E-state index contributed by atoms with van der Waals surface area (Å²) in [5.41, 5.74) is 7.95. The second-order valence-corrected chi connectivity index (χ2v) is 10.9. The van der Waals surface area contributed by atoms with Gasteiger partial charge in [0, 0.05) is 76.1 Å². The number of rotatable bonds is 3. The fourth-order valence-electron chi connectivity index (χ4n) is 4.28. The van der Waals surface area contributed by atoms with Crippen molar-refractivity contribution in [3.05, 3.63) is 127 Å². The molecule has 9 nitrogen and oxygen atoms in total. The number of hydrogen-bond donors (Lipinski definition) is 2. The standard InChI is InChI=1S/C24H16N2.C8H11N.C2H6.CH4O3S.2CH4O.CHO.Tc/c1-3-7-17(8-4-1)19-13-15-25-23-21(19)11-12-22-20(14-16-26-24(22)23)18-9-5-2-6-10-18;1-7(2)8-4-3-5-9-6-8;1-2;1-5(2,3)4;3*1-2;/h1-16H;3-7H,1-2H3;1-2H3;1H3,(H,2,3,4);2*2H,1H3;1H;/q;;;;;;-1;/p-1/i;;;;;;;1+1. The van der Waals surface area contributed by atoms with E-state index in [4.69, 9.17) is 28.0 Å². The van der Waals surface area contributed by atoms with E-state index in [1.165, 1.54) is 27.8 Å². The van der Waals surface area contributed by atoms with Gasteiger partial charge < -0.3 is 19.6 Å². The molecule has 3 aromatic carbocycles. The molecular formula is C38H45N3O6STc-2. The van der Waals surface area contributed by atoms with Gasteiger partial charge in [-0.25, -0.2) is 8.42 Å². The number of benzene rings is 3. The van der Waals surface area contributed by atoms with E-state index in [1.807, 2.05) is 50.6 Å². The van der Waals surface area contributed by atoms with Crippen molar-refractivity contribution < 1.29 is 48.1 Å². The van der Waals surface area contributed by atoms with Crippen molar-refractivity contribution in [1.29, 1.82) is 0 Å². The Hall–Kier alpha value is -4.22. The third-order valence-corrected chi connectivity index (χ3v) is 6.14. The summed E-state index contributed by atoms with van der Waals surface area (Å²) in [7, 11) is -1.92. The summed E-state index contributed by atoms with van der Waals surface area (Å²) in [6.07, 6.45) is 8.06. The molecule has 6 rings (SSSR count). The Morgan fingerprint density at radius 3 is 1.29 bits per heavy atom. The van der Waals surface area contributed by atoms with Crippen LogP contribution >= 0.6 is 0 Å². The molecule has 3 heterocycles. The maximum atomic E-state index is 9.08. The molecule has 0 saturated carbocycles. The van der Waals surface area contributed by atoms with Crippen molar-refractivity contribution in [3.8, 4) is 22.3 Å². The topological polar surface area (TPSA) is 153 Å². The summed E-state index contributed by atoms with van der Waals surface area (Å²) in [4.78, 5) is 21.1. The molecule has 0 aliphatic carbocycles. The SMILES string of the molecule is CC.CC(C)c1cccnc1.CO.CO.CS(=O)(=O)[O-].[99Tc].[CH-]=O.c1ccc(-c2ccnc3c2ccc2c(-c4ccccc4)ccnc23)cc1. The molecule has 0 fully saturated rings. The first-order chi connectivity index (χ1) is 23.2. The van der Waals surface area contributed by atoms with E-state index in [9.17, 15) is 0 Å². The molecule has 0 aliphatic rings. The Bertz CT molecular complexity index is 1720. The second-order valence-electron chi connectivity index (χ2n) is 9.45. The molecule has 2 N–H and O–H groups in total. The number of nitrogens with zero attached hydrogens (tertiary/aromatic N) is 3. The first-order valence-electron chi connectivity index (χ1n) is 14.9. The normalized spacial score (nSPS) is 9.37. The average molecular weight is 771 g/mol. The van der Waals surface area contributed by atoms with E-state index in [-0.39, 0.29) is 20.1 Å². The van der Waals surface area contributed by atoms with Crippen LogP contribution in [0.2, 0.25) is 0 Å². The number of carbonyl (C=O) groups excluding carboxylic acids is 1. The van der Waals surface area contributed by atoms with Crippen LogP contribution in [0.3, 0.4) is 0 Å². The van der Waals surface area contributed by atoms with Crippen LogP contribution < -0.4 is 0 Å². The molecule has 1 radical (unpaired) electrons. The van der Waals surface area contributed by atoms with Crippen LogP contribution in [0.15, 0.2) is 122 Å². The molecule has 0 unspecified atom stereocenters. The third kappa shape index (κ3) is 16.2. The number of aliphatic hydroxyl groups is 2. The molecular weight excluding hydrogens is 725 g/mol. The van der Waals surface area contributed by atoms with Crippen molar-refractivity contribution in [2.45, 2.75) is 33.6 Å². The maximum absolute atomic E-state index is 9.08. The Labute approximate surface area is 304 Å². The van der Waals surface area contributed by atoms with Gasteiger partial charge in [0.25, 0.3) is 0 Å². The fourth-order valence-corrected chi connectivity index (χ4v) is 4.28. The molecule has 0 bridgehead atoms. The Kier molecular flexibility index (Phi) is 25.6. The zero-order chi connectivity index (χ0) is 36.5. The molecule has 0 aliphatic heterocycles. The van der Waals surface area contributed by atoms with Crippen molar-refractivity contribution in [2.75, 3.05) is 20.5 Å². The number of aromatic nitrogens is 3. The van der Waals surface area contributed by atoms with E-state index in [1.54, 1.807) is 6.20 Å². The monoisotopic (exact) mass is 770 g/mol. The van der Waals surface area contributed by atoms with Gasteiger partial charge in [-0.1, -0.05) is 107 Å². The zero-order valence-corrected chi connectivity index (χ0v) is 31.5. The van der Waals surface area contributed by atoms with Gasteiger partial charge in [0.15, 0.2) is 0 Å². The average Bonchev–Trinajstić information content (AvgIpc) is 3.15. The van der Waals surface area contributed by atoms with Gasteiger partial charge in [-0.3, -0.25) is 21.7 Å². The smallest absolute Gasteiger partial charge is 0.0970 e. The van der Waals surface area contributed by atoms with E-state index in [0.717, 1.165) is 36.0 Å². The van der Waals surface area contributed by atoms with Gasteiger partial charge in [0.1, 0.15) is 0 Å². The van der Waals surface area contributed by atoms with Crippen LogP contribution in [0, 0.1) is 0 Å². The van der Waals surface area contributed by atoms with Crippen LogP contribution in [-0.4, -0.2) is 65.4 Å². The van der Waals surface area contributed by atoms with Crippen molar-refractivity contribution in [1.82, 2.24) is 15.0 Å². The molecule has 263 valence electrons. The van der Waals surface area contributed by atoms with Crippen LogP contribution in [-0.2, 0) is 35.0 Å². The van der Waals surface area contributed by atoms with Gasteiger partial charge in [-0.15, -0.1) is 0 Å². The molecule has 3 aromatic heterocycles. The van der Waals surface area contributed by atoms with Crippen LogP contribution in [0.4, 0.5) is 0 Å². The van der Waals surface area contributed by atoms with E-state index >= 15 is 0 Å². The Morgan fingerprint density at radius 2 is 1.00 bits per heavy atom. The van der Waals surface area contributed by atoms with Gasteiger partial charge in [-0.05, 0) is 51.9 Å². The third-order valence-electron chi connectivity index (χ3n) is 6.14. The minimum Gasteiger partial charge on any atom is -0.748 e. The van der Waals surface area contributed by atoms with E-state index in [0.29, 0.717) is 12.2 Å². The summed E-state index contributed by atoms with van der Waals surface area (Å²) in [5, 5.41) is 16.3. The molecule has 11 heteroatoms.